The molecule has 0 aromatic heterocycles. The second kappa shape index (κ2) is 7.25. The molecule has 1 aliphatic carbocycles. The van der Waals surface area contributed by atoms with Crippen LogP contribution < -0.4 is 4.74 Å². The molecular weight excluding hydrogens is 324 g/mol. The fraction of sp³-hybridized carbons (Fsp3) is 0.526. The lowest BCUT2D eigenvalue weighted by Gasteiger charge is -2.18. The minimum Gasteiger partial charge on any atom is -0.489 e. The number of para-hydroxylation sites is 1. The predicted molar refractivity (Wildman–Crippen MR) is 88.3 cm³/mol. The van der Waals surface area contributed by atoms with E-state index < -0.39 is 6.10 Å². The van der Waals surface area contributed by atoms with Crippen LogP contribution >= 0.6 is 0 Å². The molecule has 1 saturated carbocycles. The average Bonchev–Trinajstić information content (AvgIpc) is 3.09. The number of hydrogen-bond donors (Lipinski definition) is 0. The van der Waals surface area contributed by atoms with Crippen molar-refractivity contribution in [3.8, 4) is 5.75 Å². The molecule has 1 fully saturated rings. The summed E-state index contributed by atoms with van der Waals surface area (Å²) in [6, 6.07) is 5.89. The van der Waals surface area contributed by atoms with Crippen LogP contribution in [0.15, 0.2) is 18.2 Å². The zero-order valence-electron chi connectivity index (χ0n) is 14.4. The van der Waals surface area contributed by atoms with E-state index in [-0.39, 0.29) is 29.9 Å². The molecule has 0 N–H and O–H groups in total. The van der Waals surface area contributed by atoms with Crippen molar-refractivity contribution in [1.82, 2.24) is 0 Å². The molecule has 6 nitrogen and oxygen atoms in total. The standard InChI is InChI=1S/C19H22O6/c1-11(21)24-15-9-16-18(14(15)10-20)13-7-3-5-12(19(13)25-16)6-4-8-17(22)23-2/h3,5,7,10,14-16,18H,4,6,8-9H2,1-2H3/t14-,15+,16-,18+/m0/s1. The van der Waals surface area contributed by atoms with E-state index in [1.165, 1.54) is 14.0 Å². The number of hydrogen-bond acceptors (Lipinski definition) is 6. The van der Waals surface area contributed by atoms with Gasteiger partial charge in [0.1, 0.15) is 24.2 Å². The molecule has 6 heteroatoms. The van der Waals surface area contributed by atoms with Gasteiger partial charge < -0.3 is 19.0 Å². The summed E-state index contributed by atoms with van der Waals surface area (Å²) in [6.07, 6.45) is 2.55. The van der Waals surface area contributed by atoms with Gasteiger partial charge in [0.15, 0.2) is 0 Å². The Morgan fingerprint density at radius 2 is 2.16 bits per heavy atom. The zero-order chi connectivity index (χ0) is 18.0. The van der Waals surface area contributed by atoms with E-state index in [4.69, 9.17) is 9.47 Å². The Morgan fingerprint density at radius 1 is 1.36 bits per heavy atom. The van der Waals surface area contributed by atoms with Crippen molar-refractivity contribution < 1.29 is 28.6 Å². The molecule has 0 radical (unpaired) electrons. The smallest absolute Gasteiger partial charge is 0.305 e. The van der Waals surface area contributed by atoms with Crippen LogP contribution in [-0.2, 0) is 30.3 Å². The Balaban J connectivity index is 1.77. The molecule has 1 aliphatic heterocycles. The fourth-order valence-electron chi connectivity index (χ4n) is 3.94. The Bertz CT molecular complexity index is 682. The highest BCUT2D eigenvalue weighted by Crippen LogP contribution is 2.51. The van der Waals surface area contributed by atoms with Crippen LogP contribution in [0.25, 0.3) is 0 Å². The summed E-state index contributed by atoms with van der Waals surface area (Å²) in [5, 5.41) is 0. The maximum atomic E-state index is 11.6. The van der Waals surface area contributed by atoms with Crippen LogP contribution in [0.2, 0.25) is 0 Å². The van der Waals surface area contributed by atoms with E-state index in [2.05, 4.69) is 4.74 Å². The van der Waals surface area contributed by atoms with Gasteiger partial charge in [0.25, 0.3) is 0 Å². The summed E-state index contributed by atoms with van der Waals surface area (Å²) in [5.41, 5.74) is 2.02. The average molecular weight is 346 g/mol. The van der Waals surface area contributed by atoms with Gasteiger partial charge in [-0.2, -0.15) is 0 Å². The number of aryl methyl sites for hydroxylation is 1. The molecule has 1 aromatic rings. The number of carbonyl (C=O) groups excluding carboxylic acids is 3. The highest BCUT2D eigenvalue weighted by Gasteiger charge is 2.51. The lowest BCUT2D eigenvalue weighted by atomic mass is 9.88. The van der Waals surface area contributed by atoms with Crippen LogP contribution in [-0.4, -0.2) is 37.5 Å². The summed E-state index contributed by atoms with van der Waals surface area (Å²) < 4.78 is 16.1. The molecule has 2 aliphatic rings. The molecule has 0 unspecified atom stereocenters. The van der Waals surface area contributed by atoms with Crippen molar-refractivity contribution in [2.45, 2.75) is 50.7 Å². The maximum Gasteiger partial charge on any atom is 0.305 e. The number of esters is 2. The van der Waals surface area contributed by atoms with Crippen molar-refractivity contribution in [1.29, 1.82) is 0 Å². The van der Waals surface area contributed by atoms with E-state index in [1.807, 2.05) is 18.2 Å². The van der Waals surface area contributed by atoms with Crippen LogP contribution in [0.3, 0.4) is 0 Å². The van der Waals surface area contributed by atoms with E-state index >= 15 is 0 Å². The molecular formula is C19H22O6. The van der Waals surface area contributed by atoms with Gasteiger partial charge in [-0.15, -0.1) is 0 Å². The first-order valence-corrected chi connectivity index (χ1v) is 8.53. The molecule has 4 atom stereocenters. The number of benzene rings is 1. The summed E-state index contributed by atoms with van der Waals surface area (Å²) in [6.45, 7) is 1.35. The normalized spacial score (nSPS) is 26.3. The van der Waals surface area contributed by atoms with Crippen molar-refractivity contribution >= 4 is 18.2 Å². The first-order chi connectivity index (χ1) is 12.0. The fourth-order valence-corrected chi connectivity index (χ4v) is 3.94. The number of rotatable bonds is 6. The van der Waals surface area contributed by atoms with E-state index in [1.54, 1.807) is 0 Å². The largest absolute Gasteiger partial charge is 0.489 e. The molecule has 0 bridgehead atoms. The van der Waals surface area contributed by atoms with Crippen molar-refractivity contribution in [3.05, 3.63) is 29.3 Å². The topological polar surface area (TPSA) is 78.9 Å². The Morgan fingerprint density at radius 3 is 2.84 bits per heavy atom. The second-order valence-electron chi connectivity index (χ2n) is 6.54. The lowest BCUT2D eigenvalue weighted by Crippen LogP contribution is -2.24. The summed E-state index contributed by atoms with van der Waals surface area (Å²) >= 11 is 0. The van der Waals surface area contributed by atoms with E-state index in [0.29, 0.717) is 25.7 Å². The van der Waals surface area contributed by atoms with Gasteiger partial charge in [-0.3, -0.25) is 9.59 Å². The highest BCUT2D eigenvalue weighted by atomic mass is 16.5. The monoisotopic (exact) mass is 346 g/mol. The first kappa shape index (κ1) is 17.5. The number of aldehydes is 1. The van der Waals surface area contributed by atoms with Gasteiger partial charge in [-0.1, -0.05) is 18.2 Å². The zero-order valence-corrected chi connectivity index (χ0v) is 14.4. The van der Waals surface area contributed by atoms with Crippen LogP contribution in [0, 0.1) is 5.92 Å². The summed E-state index contributed by atoms with van der Waals surface area (Å²) in [5.74, 6) is -0.266. The van der Waals surface area contributed by atoms with Gasteiger partial charge in [0.05, 0.1) is 13.0 Å². The molecule has 25 heavy (non-hydrogen) atoms. The summed E-state index contributed by atoms with van der Waals surface area (Å²) in [4.78, 5) is 34.1. The number of carbonyl (C=O) groups is 3. The van der Waals surface area contributed by atoms with Crippen molar-refractivity contribution in [3.63, 3.8) is 0 Å². The van der Waals surface area contributed by atoms with Crippen LogP contribution in [0.4, 0.5) is 0 Å². The molecule has 0 saturated heterocycles. The number of methoxy groups -OCH3 is 1. The van der Waals surface area contributed by atoms with Gasteiger partial charge >= 0.3 is 11.9 Å². The van der Waals surface area contributed by atoms with Gasteiger partial charge in [0, 0.05) is 31.2 Å². The van der Waals surface area contributed by atoms with Gasteiger partial charge in [-0.25, -0.2) is 0 Å². The highest BCUT2D eigenvalue weighted by molar-refractivity contribution is 5.69. The van der Waals surface area contributed by atoms with E-state index in [9.17, 15) is 14.4 Å². The van der Waals surface area contributed by atoms with Crippen molar-refractivity contribution in [2.75, 3.05) is 7.11 Å². The Labute approximate surface area is 146 Å². The van der Waals surface area contributed by atoms with Crippen LogP contribution in [0.5, 0.6) is 5.75 Å². The summed E-state index contributed by atoms with van der Waals surface area (Å²) in [7, 11) is 1.38. The van der Waals surface area contributed by atoms with E-state index in [0.717, 1.165) is 23.2 Å². The second-order valence-corrected chi connectivity index (χ2v) is 6.54. The third-order valence-corrected chi connectivity index (χ3v) is 4.99. The lowest BCUT2D eigenvalue weighted by molar-refractivity contribution is -0.148. The molecule has 1 aromatic carbocycles. The minimum absolute atomic E-state index is 0.0857. The maximum absolute atomic E-state index is 11.6. The third kappa shape index (κ3) is 3.38. The predicted octanol–water partition coefficient (Wildman–Crippen LogP) is 2.18. The van der Waals surface area contributed by atoms with Crippen molar-refractivity contribution in [2.24, 2.45) is 5.92 Å². The molecule has 0 amide bonds. The molecule has 0 spiro atoms. The first-order valence-electron chi connectivity index (χ1n) is 8.53. The van der Waals surface area contributed by atoms with Crippen LogP contribution in [0.1, 0.15) is 43.2 Å². The quantitative estimate of drug-likeness (QED) is 0.580. The van der Waals surface area contributed by atoms with Gasteiger partial charge in [0.2, 0.25) is 0 Å². The Kier molecular flexibility index (Phi) is 5.06. The van der Waals surface area contributed by atoms with Gasteiger partial charge in [-0.05, 0) is 18.4 Å². The number of ether oxygens (including phenoxy) is 3. The third-order valence-electron chi connectivity index (χ3n) is 4.99. The molecule has 134 valence electrons. The number of fused-ring (bicyclic) bond motifs is 3. The molecule has 3 rings (SSSR count). The SMILES string of the molecule is COC(=O)CCCc1cccc2c1O[C@H]1C[C@@H](OC(C)=O)[C@H](C=O)[C@@H]21. The minimum atomic E-state index is -0.430. The molecule has 1 heterocycles. The Hall–Kier alpha value is -2.37.